The van der Waals surface area contributed by atoms with Gasteiger partial charge in [-0.15, -0.1) is 0 Å². The number of carboxylic acid groups (broad SMARTS) is 1. The largest absolute Gasteiger partial charge is 0.478 e. The maximum absolute atomic E-state index is 13.1. The molecule has 0 bridgehead atoms. The Kier molecular flexibility index (Phi) is 5.84. The second kappa shape index (κ2) is 8.96. The molecule has 0 unspecified atom stereocenters. The van der Waals surface area contributed by atoms with Gasteiger partial charge in [0.1, 0.15) is 11.5 Å². The first-order valence-corrected chi connectivity index (χ1v) is 14.3. The molecule has 7 nitrogen and oxygen atoms in total. The highest BCUT2D eigenvalue weighted by molar-refractivity contribution is 7.89. The molecule has 1 aromatic heterocycles. The SMILES string of the molecule is Cc1ccccc1-c1noc(C2CC2)c1C=C1CC2(CCN(S(=O)(=O)c3ccc(C(=O)O)cc3)CC2)C1. The van der Waals surface area contributed by atoms with E-state index in [0.717, 1.165) is 61.1 Å². The summed E-state index contributed by atoms with van der Waals surface area (Å²) in [5.74, 6) is 0.393. The Morgan fingerprint density at radius 2 is 1.76 bits per heavy atom. The van der Waals surface area contributed by atoms with Crippen molar-refractivity contribution in [3.63, 3.8) is 0 Å². The number of hydrogen-bond donors (Lipinski definition) is 1. The summed E-state index contributed by atoms with van der Waals surface area (Å²) in [6.07, 6.45) is 8.15. The molecule has 6 rings (SSSR count). The van der Waals surface area contributed by atoms with Crippen LogP contribution in [0.3, 0.4) is 0 Å². The monoisotopic (exact) mass is 518 g/mol. The fraction of sp³-hybridized carbons (Fsp3) is 0.379. The van der Waals surface area contributed by atoms with Gasteiger partial charge in [-0.1, -0.05) is 35.0 Å². The maximum atomic E-state index is 13.1. The molecule has 3 fully saturated rings. The van der Waals surface area contributed by atoms with Gasteiger partial charge in [0.15, 0.2) is 0 Å². The Labute approximate surface area is 216 Å². The van der Waals surface area contributed by atoms with Gasteiger partial charge in [-0.3, -0.25) is 0 Å². The molecule has 3 aromatic rings. The minimum absolute atomic E-state index is 0.0774. The first kappa shape index (κ1) is 24.1. The van der Waals surface area contributed by atoms with E-state index in [1.807, 2.05) is 12.1 Å². The fourth-order valence-corrected chi connectivity index (χ4v) is 7.25. The van der Waals surface area contributed by atoms with Gasteiger partial charge in [-0.25, -0.2) is 13.2 Å². The molecule has 2 saturated carbocycles. The topological polar surface area (TPSA) is 101 Å². The molecule has 0 amide bonds. The van der Waals surface area contributed by atoms with Gasteiger partial charge in [0.05, 0.1) is 10.5 Å². The number of hydrogen-bond acceptors (Lipinski definition) is 5. The predicted octanol–water partition coefficient (Wildman–Crippen LogP) is 5.87. The maximum Gasteiger partial charge on any atom is 0.335 e. The lowest BCUT2D eigenvalue weighted by Crippen LogP contribution is -2.46. The number of piperidine rings is 1. The molecule has 3 aliphatic rings. The van der Waals surface area contributed by atoms with Gasteiger partial charge < -0.3 is 9.63 Å². The number of aromatic nitrogens is 1. The normalized spacial score (nSPS) is 19.5. The van der Waals surface area contributed by atoms with E-state index in [9.17, 15) is 13.2 Å². The highest BCUT2D eigenvalue weighted by atomic mass is 32.2. The summed E-state index contributed by atoms with van der Waals surface area (Å²) in [5, 5.41) is 13.6. The van der Waals surface area contributed by atoms with Crippen LogP contribution in [0.15, 0.2) is 63.5 Å². The van der Waals surface area contributed by atoms with Crippen LogP contribution in [0.5, 0.6) is 0 Å². The van der Waals surface area contributed by atoms with E-state index in [1.54, 1.807) is 0 Å². The minimum Gasteiger partial charge on any atom is -0.478 e. The molecule has 192 valence electrons. The number of sulfonamides is 1. The smallest absolute Gasteiger partial charge is 0.335 e. The lowest BCUT2D eigenvalue weighted by molar-refractivity contribution is 0.0696. The van der Waals surface area contributed by atoms with Crippen molar-refractivity contribution >= 4 is 22.1 Å². The lowest BCUT2D eigenvalue weighted by atomic mass is 9.60. The van der Waals surface area contributed by atoms with Crippen LogP contribution in [0.25, 0.3) is 17.3 Å². The van der Waals surface area contributed by atoms with Crippen LogP contribution in [0, 0.1) is 12.3 Å². The van der Waals surface area contributed by atoms with Crippen molar-refractivity contribution in [3.8, 4) is 11.3 Å². The highest BCUT2D eigenvalue weighted by Gasteiger charge is 2.45. The van der Waals surface area contributed by atoms with Crippen LogP contribution in [-0.2, 0) is 10.0 Å². The van der Waals surface area contributed by atoms with Crippen molar-refractivity contribution in [2.45, 2.75) is 56.3 Å². The number of allylic oxidation sites excluding steroid dienone is 1. The summed E-state index contributed by atoms with van der Waals surface area (Å²) in [6, 6.07) is 13.7. The molecule has 1 saturated heterocycles. The Morgan fingerprint density at radius 3 is 2.38 bits per heavy atom. The number of nitrogens with zero attached hydrogens (tertiary/aromatic N) is 2. The highest BCUT2D eigenvalue weighted by Crippen LogP contribution is 2.54. The zero-order valence-corrected chi connectivity index (χ0v) is 21.6. The minimum atomic E-state index is -3.64. The van der Waals surface area contributed by atoms with Crippen molar-refractivity contribution in [1.82, 2.24) is 9.46 Å². The summed E-state index contributed by atoms with van der Waals surface area (Å²) in [7, 11) is -3.64. The number of benzene rings is 2. The third kappa shape index (κ3) is 4.42. The van der Waals surface area contributed by atoms with Crippen LogP contribution in [-0.4, -0.2) is 42.0 Å². The third-order valence-corrected chi connectivity index (χ3v) is 10.1. The van der Waals surface area contributed by atoms with Crippen molar-refractivity contribution < 1.29 is 22.8 Å². The van der Waals surface area contributed by atoms with E-state index in [2.05, 4.69) is 30.3 Å². The van der Waals surface area contributed by atoms with E-state index in [1.165, 1.54) is 39.7 Å². The van der Waals surface area contributed by atoms with E-state index < -0.39 is 16.0 Å². The molecule has 1 aliphatic heterocycles. The molecule has 2 aromatic carbocycles. The summed E-state index contributed by atoms with van der Waals surface area (Å²) < 4.78 is 33.6. The molecule has 8 heteroatoms. The van der Waals surface area contributed by atoms with E-state index in [4.69, 9.17) is 9.63 Å². The van der Waals surface area contributed by atoms with Gasteiger partial charge in [0, 0.05) is 30.1 Å². The van der Waals surface area contributed by atoms with Gasteiger partial charge in [0.25, 0.3) is 0 Å². The van der Waals surface area contributed by atoms with Gasteiger partial charge in [-0.2, -0.15) is 4.31 Å². The summed E-state index contributed by atoms with van der Waals surface area (Å²) in [5.41, 5.74) is 5.91. The molecule has 1 N–H and O–H groups in total. The van der Waals surface area contributed by atoms with Crippen LogP contribution in [0.4, 0.5) is 0 Å². The number of carbonyl (C=O) groups is 1. The summed E-state index contributed by atoms with van der Waals surface area (Å²) >= 11 is 0. The number of aromatic carboxylic acids is 1. The lowest BCUT2D eigenvalue weighted by Gasteiger charge is -2.49. The standard InChI is InChI=1S/C29H30N2O5S/c1-19-4-2-3-5-24(19)26-25(27(36-30-26)21-6-7-21)16-20-17-29(18-20)12-14-31(15-13-29)37(34,35)23-10-8-22(9-11-23)28(32)33/h2-5,8-11,16,21H,6-7,12-15,17-18H2,1H3,(H,32,33). The molecule has 0 radical (unpaired) electrons. The molecule has 0 atom stereocenters. The molecular weight excluding hydrogens is 488 g/mol. The molecule has 1 spiro atoms. The quantitative estimate of drug-likeness (QED) is 0.438. The Balaban J connectivity index is 1.16. The van der Waals surface area contributed by atoms with Crippen LogP contribution >= 0.6 is 0 Å². The summed E-state index contributed by atoms with van der Waals surface area (Å²) in [4.78, 5) is 11.2. The number of rotatable bonds is 6. The predicted molar refractivity (Wildman–Crippen MR) is 140 cm³/mol. The number of aryl methyl sites for hydroxylation is 1. The molecular formula is C29H30N2O5S. The molecule has 2 heterocycles. The van der Waals surface area contributed by atoms with Crippen LogP contribution in [0.2, 0.25) is 0 Å². The Morgan fingerprint density at radius 1 is 1.08 bits per heavy atom. The van der Waals surface area contributed by atoms with Gasteiger partial charge >= 0.3 is 5.97 Å². The first-order valence-electron chi connectivity index (χ1n) is 12.8. The van der Waals surface area contributed by atoms with E-state index >= 15 is 0 Å². The van der Waals surface area contributed by atoms with Crippen molar-refractivity contribution in [1.29, 1.82) is 0 Å². The van der Waals surface area contributed by atoms with Gasteiger partial charge in [-0.05, 0) is 86.8 Å². The van der Waals surface area contributed by atoms with E-state index in [0.29, 0.717) is 19.0 Å². The van der Waals surface area contributed by atoms with Crippen molar-refractivity contribution in [2.75, 3.05) is 13.1 Å². The van der Waals surface area contributed by atoms with Crippen LogP contribution < -0.4 is 0 Å². The Hall–Kier alpha value is -3.23. The number of carboxylic acids is 1. The third-order valence-electron chi connectivity index (χ3n) is 8.18. The van der Waals surface area contributed by atoms with Crippen LogP contribution in [0.1, 0.15) is 71.7 Å². The Bertz CT molecular complexity index is 1480. The average Bonchev–Trinajstić information content (AvgIpc) is 3.64. The van der Waals surface area contributed by atoms with E-state index in [-0.39, 0.29) is 15.9 Å². The second-order valence-corrected chi connectivity index (χ2v) is 12.7. The average molecular weight is 519 g/mol. The molecule has 2 aliphatic carbocycles. The van der Waals surface area contributed by atoms with Crippen molar-refractivity contribution in [3.05, 3.63) is 76.6 Å². The first-order chi connectivity index (χ1) is 17.8. The summed E-state index contributed by atoms with van der Waals surface area (Å²) in [6.45, 7) is 3.05. The zero-order valence-electron chi connectivity index (χ0n) is 20.8. The zero-order chi connectivity index (χ0) is 25.8. The van der Waals surface area contributed by atoms with Crippen molar-refractivity contribution in [2.24, 2.45) is 5.41 Å². The second-order valence-electron chi connectivity index (χ2n) is 10.8. The molecule has 37 heavy (non-hydrogen) atoms. The fourth-order valence-electron chi connectivity index (χ4n) is 5.81. The van der Waals surface area contributed by atoms with Gasteiger partial charge in [0.2, 0.25) is 10.0 Å².